The van der Waals surface area contributed by atoms with Gasteiger partial charge in [-0.3, -0.25) is 14.9 Å². The van der Waals surface area contributed by atoms with Crippen molar-refractivity contribution in [3.05, 3.63) is 16.9 Å². The van der Waals surface area contributed by atoms with Gasteiger partial charge in [-0.15, -0.1) is 0 Å². The fraction of sp³-hybridized carbons (Fsp3) is 0.538. The summed E-state index contributed by atoms with van der Waals surface area (Å²) in [5, 5.41) is 12.0. The molecule has 0 aliphatic heterocycles. The lowest BCUT2D eigenvalue weighted by Crippen LogP contribution is -2.30. The molecule has 2 N–H and O–H groups in total. The lowest BCUT2D eigenvalue weighted by Gasteiger charge is -2.14. The summed E-state index contributed by atoms with van der Waals surface area (Å²) >= 11 is 5.80. The van der Waals surface area contributed by atoms with Crippen LogP contribution in [0.5, 0.6) is 0 Å². The van der Waals surface area contributed by atoms with Crippen LogP contribution < -0.4 is 5.32 Å². The van der Waals surface area contributed by atoms with E-state index in [9.17, 15) is 14.7 Å². The number of rotatable bonds is 3. The third kappa shape index (κ3) is 3.25. The Bertz CT molecular complexity index is 529. The third-order valence-corrected chi connectivity index (χ3v) is 3.70. The Kier molecular flexibility index (Phi) is 4.23. The lowest BCUT2D eigenvalue weighted by molar-refractivity contribution is -0.145. The van der Waals surface area contributed by atoms with Crippen LogP contribution in [0.2, 0.25) is 5.15 Å². The number of nitrogens with zero attached hydrogens (tertiary/aromatic N) is 2. The molecule has 0 bridgehead atoms. The summed E-state index contributed by atoms with van der Waals surface area (Å²) in [6.07, 6.45) is 1.07. The van der Waals surface area contributed by atoms with Crippen molar-refractivity contribution < 1.29 is 14.7 Å². The van der Waals surface area contributed by atoms with E-state index in [1.165, 1.54) is 0 Å². The van der Waals surface area contributed by atoms with Crippen LogP contribution in [0.4, 0.5) is 5.95 Å². The second kappa shape index (κ2) is 5.75. The highest BCUT2D eigenvalue weighted by Crippen LogP contribution is 2.37. The molecule has 1 aromatic rings. The van der Waals surface area contributed by atoms with Crippen LogP contribution >= 0.6 is 11.6 Å². The number of hydrogen-bond donors (Lipinski definition) is 2. The predicted molar refractivity (Wildman–Crippen MR) is 73.4 cm³/mol. The van der Waals surface area contributed by atoms with Crippen molar-refractivity contribution >= 4 is 29.4 Å². The van der Waals surface area contributed by atoms with Crippen molar-refractivity contribution in [2.24, 2.45) is 17.8 Å². The summed E-state index contributed by atoms with van der Waals surface area (Å²) < 4.78 is 0. The molecular formula is C13H16ClN3O3. The Morgan fingerprint density at radius 3 is 2.60 bits per heavy atom. The number of aromatic nitrogens is 2. The van der Waals surface area contributed by atoms with Crippen LogP contribution in [0.25, 0.3) is 0 Å². The van der Waals surface area contributed by atoms with Crippen molar-refractivity contribution in [2.45, 2.75) is 26.7 Å². The highest BCUT2D eigenvalue weighted by Gasteiger charge is 2.41. The number of carboxylic acids is 1. The SMILES string of the molecule is Cc1cc(Cl)nc(NC(=O)C2CC(C)CC2C(=O)O)n1. The summed E-state index contributed by atoms with van der Waals surface area (Å²) in [7, 11) is 0. The zero-order chi connectivity index (χ0) is 14.9. The Morgan fingerprint density at radius 1 is 1.35 bits per heavy atom. The average Bonchev–Trinajstić information content (AvgIpc) is 2.70. The number of carbonyl (C=O) groups is 2. The number of carboxylic acid groups (broad SMARTS) is 1. The lowest BCUT2D eigenvalue weighted by atomic mass is 9.95. The van der Waals surface area contributed by atoms with Gasteiger partial charge in [-0.2, -0.15) is 0 Å². The standard InChI is InChI=1S/C13H16ClN3O3/c1-6-3-8(9(4-6)12(19)20)11(18)17-13-15-7(2)5-10(14)16-13/h5-6,8-9H,3-4H2,1-2H3,(H,19,20)(H,15,16,17,18). The van der Waals surface area contributed by atoms with Gasteiger partial charge in [-0.1, -0.05) is 18.5 Å². The van der Waals surface area contributed by atoms with E-state index in [1.54, 1.807) is 13.0 Å². The van der Waals surface area contributed by atoms with Gasteiger partial charge in [0.2, 0.25) is 11.9 Å². The van der Waals surface area contributed by atoms with E-state index in [1.807, 2.05) is 6.92 Å². The van der Waals surface area contributed by atoms with Gasteiger partial charge in [-0.25, -0.2) is 9.97 Å². The number of amides is 1. The monoisotopic (exact) mass is 297 g/mol. The second-order valence-corrected chi connectivity index (χ2v) is 5.66. The second-order valence-electron chi connectivity index (χ2n) is 5.27. The summed E-state index contributed by atoms with van der Waals surface area (Å²) in [4.78, 5) is 31.4. The molecule has 20 heavy (non-hydrogen) atoms. The number of halogens is 1. The Labute approximate surface area is 121 Å². The van der Waals surface area contributed by atoms with E-state index in [-0.39, 0.29) is 22.9 Å². The van der Waals surface area contributed by atoms with Crippen molar-refractivity contribution in [1.29, 1.82) is 0 Å². The maximum absolute atomic E-state index is 12.2. The number of aliphatic carboxylic acids is 1. The molecule has 3 atom stereocenters. The molecular weight excluding hydrogens is 282 g/mol. The quantitative estimate of drug-likeness (QED) is 0.834. The molecule has 0 spiro atoms. The Balaban J connectivity index is 2.13. The first kappa shape index (κ1) is 14.7. The van der Waals surface area contributed by atoms with Gasteiger partial charge < -0.3 is 5.11 Å². The van der Waals surface area contributed by atoms with E-state index in [4.69, 9.17) is 11.6 Å². The number of aryl methyl sites for hydroxylation is 1. The molecule has 1 heterocycles. The molecule has 2 rings (SSSR count). The van der Waals surface area contributed by atoms with Crippen LogP contribution in [-0.2, 0) is 9.59 Å². The van der Waals surface area contributed by atoms with Crippen molar-refractivity contribution in [1.82, 2.24) is 9.97 Å². The molecule has 0 radical (unpaired) electrons. The van der Waals surface area contributed by atoms with Crippen LogP contribution in [0.15, 0.2) is 6.07 Å². The third-order valence-electron chi connectivity index (χ3n) is 3.51. The topological polar surface area (TPSA) is 92.2 Å². The summed E-state index contributed by atoms with van der Waals surface area (Å²) in [5.74, 6) is -2.16. The van der Waals surface area contributed by atoms with E-state index >= 15 is 0 Å². The molecule has 1 aromatic heterocycles. The minimum Gasteiger partial charge on any atom is -0.481 e. The zero-order valence-electron chi connectivity index (χ0n) is 11.3. The van der Waals surface area contributed by atoms with Gasteiger partial charge in [0.25, 0.3) is 0 Å². The molecule has 0 aromatic carbocycles. The minimum absolute atomic E-state index is 0.115. The number of anilines is 1. The first-order valence-corrected chi connectivity index (χ1v) is 6.79. The molecule has 1 fully saturated rings. The average molecular weight is 298 g/mol. The van der Waals surface area contributed by atoms with Gasteiger partial charge in [0, 0.05) is 5.69 Å². The molecule has 3 unspecified atom stereocenters. The number of carbonyl (C=O) groups excluding carboxylic acids is 1. The Hall–Kier alpha value is -1.69. The van der Waals surface area contributed by atoms with Gasteiger partial charge in [-0.05, 0) is 31.7 Å². The van der Waals surface area contributed by atoms with Gasteiger partial charge in [0.05, 0.1) is 11.8 Å². The van der Waals surface area contributed by atoms with Crippen LogP contribution in [0.3, 0.4) is 0 Å². The maximum Gasteiger partial charge on any atom is 0.307 e. The smallest absolute Gasteiger partial charge is 0.307 e. The number of hydrogen-bond acceptors (Lipinski definition) is 4. The fourth-order valence-corrected chi connectivity index (χ4v) is 2.88. The first-order valence-electron chi connectivity index (χ1n) is 6.41. The summed E-state index contributed by atoms with van der Waals surface area (Å²) in [6, 6.07) is 1.58. The highest BCUT2D eigenvalue weighted by atomic mass is 35.5. The molecule has 1 saturated carbocycles. The molecule has 7 heteroatoms. The highest BCUT2D eigenvalue weighted by molar-refractivity contribution is 6.29. The van der Waals surface area contributed by atoms with Crippen molar-refractivity contribution in [2.75, 3.05) is 5.32 Å². The van der Waals surface area contributed by atoms with Gasteiger partial charge in [0.15, 0.2) is 0 Å². The molecule has 6 nitrogen and oxygen atoms in total. The van der Waals surface area contributed by atoms with E-state index in [2.05, 4.69) is 15.3 Å². The first-order chi connectivity index (χ1) is 9.36. The van der Waals surface area contributed by atoms with Crippen molar-refractivity contribution in [3.63, 3.8) is 0 Å². The predicted octanol–water partition coefficient (Wildman–Crippen LogP) is 2.12. The van der Waals surface area contributed by atoms with E-state index in [0.29, 0.717) is 18.5 Å². The normalized spacial score (nSPS) is 25.4. The van der Waals surface area contributed by atoms with Crippen LogP contribution in [-0.4, -0.2) is 27.0 Å². The molecule has 1 amide bonds. The fourth-order valence-electron chi connectivity index (χ4n) is 2.64. The largest absolute Gasteiger partial charge is 0.481 e. The molecule has 1 aliphatic rings. The molecule has 1 aliphatic carbocycles. The van der Waals surface area contributed by atoms with E-state index < -0.39 is 17.8 Å². The van der Waals surface area contributed by atoms with Crippen LogP contribution in [0, 0.1) is 24.7 Å². The van der Waals surface area contributed by atoms with E-state index in [0.717, 1.165) is 0 Å². The number of nitrogens with one attached hydrogen (secondary N) is 1. The minimum atomic E-state index is -0.933. The van der Waals surface area contributed by atoms with Gasteiger partial charge in [0.1, 0.15) is 5.15 Å². The zero-order valence-corrected chi connectivity index (χ0v) is 12.0. The molecule has 108 valence electrons. The summed E-state index contributed by atoms with van der Waals surface area (Å²) in [5.41, 5.74) is 0.634. The van der Waals surface area contributed by atoms with Crippen molar-refractivity contribution in [3.8, 4) is 0 Å². The maximum atomic E-state index is 12.2. The summed E-state index contributed by atoms with van der Waals surface area (Å²) in [6.45, 7) is 3.68. The van der Waals surface area contributed by atoms with Gasteiger partial charge >= 0.3 is 5.97 Å². The van der Waals surface area contributed by atoms with Crippen LogP contribution in [0.1, 0.15) is 25.5 Å². The molecule has 0 saturated heterocycles. The Morgan fingerprint density at radius 2 is 2.00 bits per heavy atom.